The van der Waals surface area contributed by atoms with Crippen LogP contribution < -0.4 is 5.73 Å². The van der Waals surface area contributed by atoms with Crippen molar-refractivity contribution in [2.45, 2.75) is 66.3 Å². The summed E-state index contributed by atoms with van der Waals surface area (Å²) in [6, 6.07) is 0.519. The summed E-state index contributed by atoms with van der Waals surface area (Å²) >= 11 is 0. The quantitative estimate of drug-likeness (QED) is 0.875. The summed E-state index contributed by atoms with van der Waals surface area (Å²) in [4.78, 5) is 8.51. The van der Waals surface area contributed by atoms with Crippen LogP contribution in [0, 0.1) is 6.92 Å². The first-order chi connectivity index (χ1) is 9.69. The Morgan fingerprint density at radius 3 is 2.30 bits per heavy atom. The number of nitrogens with zero attached hydrogens (tertiary/aromatic N) is 3. The van der Waals surface area contributed by atoms with Crippen molar-refractivity contribution in [1.82, 2.24) is 14.5 Å². The lowest BCUT2D eigenvalue weighted by molar-refractivity contribution is 0.435. The SMILES string of the molecule is CC.CCCC(CCC)n1cc(C)c2c(N)ncnc21. The fraction of sp³-hybridized carbons (Fsp3) is 0.625. The number of rotatable bonds is 5. The first kappa shape index (κ1) is 16.5. The van der Waals surface area contributed by atoms with Gasteiger partial charge in [-0.2, -0.15) is 0 Å². The third kappa shape index (κ3) is 3.30. The molecule has 0 unspecified atom stereocenters. The van der Waals surface area contributed by atoms with Crippen molar-refractivity contribution in [3.63, 3.8) is 0 Å². The zero-order chi connectivity index (χ0) is 15.1. The van der Waals surface area contributed by atoms with Crippen LogP contribution >= 0.6 is 0 Å². The van der Waals surface area contributed by atoms with E-state index in [1.165, 1.54) is 31.2 Å². The van der Waals surface area contributed by atoms with E-state index in [4.69, 9.17) is 5.73 Å². The molecule has 20 heavy (non-hydrogen) atoms. The van der Waals surface area contributed by atoms with Crippen molar-refractivity contribution < 1.29 is 0 Å². The van der Waals surface area contributed by atoms with Gasteiger partial charge in [0.25, 0.3) is 0 Å². The Bertz CT molecular complexity index is 525. The highest BCUT2D eigenvalue weighted by Gasteiger charge is 2.16. The second kappa shape index (κ2) is 7.88. The minimum Gasteiger partial charge on any atom is -0.383 e. The molecule has 0 bridgehead atoms. The molecule has 0 aliphatic rings. The van der Waals surface area contributed by atoms with Crippen LogP contribution in [0.4, 0.5) is 5.82 Å². The zero-order valence-electron chi connectivity index (χ0n) is 13.5. The highest BCUT2D eigenvalue weighted by Crippen LogP contribution is 2.29. The minimum absolute atomic E-state index is 0.519. The summed E-state index contributed by atoms with van der Waals surface area (Å²) in [5, 5.41) is 1.01. The molecule has 112 valence electrons. The lowest BCUT2D eigenvalue weighted by Gasteiger charge is -2.18. The Kier molecular flexibility index (Phi) is 6.49. The fourth-order valence-corrected chi connectivity index (χ4v) is 2.67. The average Bonchev–Trinajstić information content (AvgIpc) is 2.79. The summed E-state index contributed by atoms with van der Waals surface area (Å²) in [5.74, 6) is 0.586. The average molecular weight is 276 g/mol. The number of anilines is 1. The maximum absolute atomic E-state index is 5.95. The molecular weight excluding hydrogens is 248 g/mol. The smallest absolute Gasteiger partial charge is 0.145 e. The maximum atomic E-state index is 5.95. The topological polar surface area (TPSA) is 56.7 Å². The van der Waals surface area contributed by atoms with Crippen LogP contribution in [0.2, 0.25) is 0 Å². The maximum Gasteiger partial charge on any atom is 0.145 e. The number of nitrogen functional groups attached to an aromatic ring is 1. The Morgan fingerprint density at radius 1 is 1.15 bits per heavy atom. The van der Waals surface area contributed by atoms with Crippen LogP contribution in [0.15, 0.2) is 12.5 Å². The summed E-state index contributed by atoms with van der Waals surface area (Å²) in [5.41, 5.74) is 8.10. The molecule has 2 aromatic heterocycles. The van der Waals surface area contributed by atoms with Crippen molar-refractivity contribution in [3.05, 3.63) is 18.1 Å². The monoisotopic (exact) mass is 276 g/mol. The van der Waals surface area contributed by atoms with Crippen LogP contribution in [-0.4, -0.2) is 14.5 Å². The van der Waals surface area contributed by atoms with Crippen LogP contribution in [0.3, 0.4) is 0 Å². The van der Waals surface area contributed by atoms with Crippen LogP contribution in [-0.2, 0) is 0 Å². The second-order valence-electron chi connectivity index (χ2n) is 4.91. The van der Waals surface area contributed by atoms with Crippen molar-refractivity contribution in [2.75, 3.05) is 5.73 Å². The van der Waals surface area contributed by atoms with Crippen molar-refractivity contribution in [3.8, 4) is 0 Å². The summed E-state index contributed by atoms with van der Waals surface area (Å²) in [7, 11) is 0. The molecule has 0 aliphatic heterocycles. The van der Waals surface area contributed by atoms with Gasteiger partial charge >= 0.3 is 0 Å². The van der Waals surface area contributed by atoms with Gasteiger partial charge in [-0.15, -0.1) is 0 Å². The van der Waals surface area contributed by atoms with Crippen molar-refractivity contribution >= 4 is 16.9 Å². The van der Waals surface area contributed by atoms with Gasteiger partial charge in [-0.25, -0.2) is 9.97 Å². The molecule has 4 nitrogen and oxygen atoms in total. The third-order valence-corrected chi connectivity index (χ3v) is 3.47. The standard InChI is InChI=1S/C14H22N4.C2H6/c1-4-6-11(7-5-2)18-8-10(3)12-13(15)16-9-17-14(12)18;1-2/h8-9,11H,4-7H2,1-3H3,(H2,15,16,17);1-2H3. The van der Waals surface area contributed by atoms with Crippen LogP contribution in [0.25, 0.3) is 11.0 Å². The second-order valence-corrected chi connectivity index (χ2v) is 4.91. The Balaban J connectivity index is 0.000000956. The number of hydrogen-bond acceptors (Lipinski definition) is 3. The van der Waals surface area contributed by atoms with E-state index in [1.54, 1.807) is 6.33 Å². The van der Waals surface area contributed by atoms with E-state index in [-0.39, 0.29) is 0 Å². The van der Waals surface area contributed by atoms with Gasteiger partial charge in [-0.1, -0.05) is 40.5 Å². The lowest BCUT2D eigenvalue weighted by atomic mass is 10.1. The summed E-state index contributed by atoms with van der Waals surface area (Å²) in [6.45, 7) is 10.5. The highest BCUT2D eigenvalue weighted by atomic mass is 15.1. The molecule has 0 radical (unpaired) electrons. The molecule has 0 saturated carbocycles. The molecule has 2 heterocycles. The predicted octanol–water partition coefficient (Wildman–Crippen LogP) is 4.49. The Morgan fingerprint density at radius 2 is 1.75 bits per heavy atom. The van der Waals surface area contributed by atoms with E-state index in [9.17, 15) is 0 Å². The van der Waals surface area contributed by atoms with E-state index in [2.05, 4.69) is 41.5 Å². The number of nitrogens with two attached hydrogens (primary N) is 1. The van der Waals surface area contributed by atoms with Gasteiger partial charge in [0.2, 0.25) is 0 Å². The normalized spacial score (nSPS) is 10.7. The van der Waals surface area contributed by atoms with Crippen LogP contribution in [0.5, 0.6) is 0 Å². The molecule has 0 saturated heterocycles. The molecule has 2 aromatic rings. The van der Waals surface area contributed by atoms with Gasteiger partial charge in [-0.05, 0) is 25.3 Å². The summed E-state index contributed by atoms with van der Waals surface area (Å²) < 4.78 is 2.29. The largest absolute Gasteiger partial charge is 0.383 e. The summed E-state index contributed by atoms with van der Waals surface area (Å²) in [6.07, 6.45) is 8.46. The zero-order valence-corrected chi connectivity index (χ0v) is 13.5. The molecule has 0 amide bonds. The molecule has 4 heteroatoms. The van der Waals surface area contributed by atoms with Gasteiger partial charge in [0.05, 0.1) is 5.39 Å². The third-order valence-electron chi connectivity index (χ3n) is 3.47. The van der Waals surface area contributed by atoms with E-state index < -0.39 is 0 Å². The van der Waals surface area contributed by atoms with Gasteiger partial charge in [0.1, 0.15) is 17.8 Å². The number of hydrogen-bond donors (Lipinski definition) is 1. The van der Waals surface area contributed by atoms with E-state index >= 15 is 0 Å². The van der Waals surface area contributed by atoms with E-state index in [0.717, 1.165) is 11.0 Å². The Labute approximate surface area is 122 Å². The van der Waals surface area contributed by atoms with Gasteiger partial charge in [0.15, 0.2) is 0 Å². The molecule has 0 atom stereocenters. The highest BCUT2D eigenvalue weighted by molar-refractivity contribution is 5.89. The number of fused-ring (bicyclic) bond motifs is 1. The van der Waals surface area contributed by atoms with Crippen LogP contribution in [0.1, 0.15) is 65.0 Å². The molecular formula is C16H28N4. The molecule has 0 aliphatic carbocycles. The van der Waals surface area contributed by atoms with E-state index in [1.807, 2.05) is 13.8 Å². The molecule has 0 aromatic carbocycles. The van der Waals surface area contributed by atoms with E-state index in [0.29, 0.717) is 11.9 Å². The fourth-order valence-electron chi connectivity index (χ4n) is 2.67. The van der Waals surface area contributed by atoms with Gasteiger partial charge in [-0.3, -0.25) is 0 Å². The minimum atomic E-state index is 0.519. The Hall–Kier alpha value is -1.58. The first-order valence-electron chi connectivity index (χ1n) is 7.76. The van der Waals surface area contributed by atoms with Gasteiger partial charge in [0, 0.05) is 12.2 Å². The molecule has 0 fully saturated rings. The first-order valence-corrected chi connectivity index (χ1v) is 7.76. The van der Waals surface area contributed by atoms with Gasteiger partial charge < -0.3 is 10.3 Å². The molecule has 2 rings (SSSR count). The predicted molar refractivity (Wildman–Crippen MR) is 86.9 cm³/mol. The number of aromatic nitrogens is 3. The molecule has 2 N–H and O–H groups in total. The molecule has 0 spiro atoms. The number of aryl methyl sites for hydroxylation is 1. The lowest BCUT2D eigenvalue weighted by Crippen LogP contribution is -2.08. The van der Waals surface area contributed by atoms with Crippen molar-refractivity contribution in [1.29, 1.82) is 0 Å². The van der Waals surface area contributed by atoms with Crippen molar-refractivity contribution in [2.24, 2.45) is 0 Å².